The topological polar surface area (TPSA) is 73.6 Å². The number of aromatic nitrogens is 2. The van der Waals surface area contributed by atoms with E-state index < -0.39 is 5.97 Å². The number of carbonyl (C=O) groups is 1. The molecule has 28 heavy (non-hydrogen) atoms. The van der Waals surface area contributed by atoms with Crippen LogP contribution in [0, 0.1) is 0 Å². The highest BCUT2D eigenvalue weighted by molar-refractivity contribution is 5.83. The summed E-state index contributed by atoms with van der Waals surface area (Å²) in [4.78, 5) is 16.1. The fourth-order valence-corrected chi connectivity index (χ4v) is 3.16. The van der Waals surface area contributed by atoms with E-state index in [4.69, 9.17) is 9.47 Å². The van der Waals surface area contributed by atoms with Crippen molar-refractivity contribution in [1.82, 2.24) is 9.55 Å². The summed E-state index contributed by atoms with van der Waals surface area (Å²) in [5.74, 6) is 1.03. The van der Waals surface area contributed by atoms with Gasteiger partial charge in [0.05, 0.1) is 24.2 Å². The number of hydrogen-bond donors (Lipinski definition) is 1. The van der Waals surface area contributed by atoms with Crippen LogP contribution in [0.4, 0.5) is 0 Å². The van der Waals surface area contributed by atoms with Crippen LogP contribution in [-0.4, -0.2) is 33.8 Å². The first kappa shape index (κ1) is 19.7. The SMILES string of the molecule is CCCCCOc1ccc(-c2nc3ccccc3n2CC(=O)O)cc1OCC. The molecule has 6 nitrogen and oxygen atoms in total. The van der Waals surface area contributed by atoms with Gasteiger partial charge in [0.25, 0.3) is 0 Å². The smallest absolute Gasteiger partial charge is 0.323 e. The first-order valence-corrected chi connectivity index (χ1v) is 9.71. The molecule has 0 aliphatic carbocycles. The number of imidazole rings is 1. The molecule has 0 atom stereocenters. The van der Waals surface area contributed by atoms with E-state index in [9.17, 15) is 9.90 Å². The third kappa shape index (κ3) is 4.44. The van der Waals surface area contributed by atoms with Gasteiger partial charge in [-0.25, -0.2) is 4.98 Å². The third-order valence-corrected chi connectivity index (χ3v) is 4.46. The Kier molecular flexibility index (Phi) is 6.53. The Hall–Kier alpha value is -3.02. The van der Waals surface area contributed by atoms with Crippen molar-refractivity contribution < 1.29 is 19.4 Å². The van der Waals surface area contributed by atoms with Gasteiger partial charge in [-0.05, 0) is 43.7 Å². The fourth-order valence-electron chi connectivity index (χ4n) is 3.16. The summed E-state index contributed by atoms with van der Waals surface area (Å²) in [5, 5.41) is 9.35. The molecule has 0 saturated carbocycles. The minimum atomic E-state index is -0.912. The predicted molar refractivity (Wildman–Crippen MR) is 109 cm³/mol. The second-order valence-corrected chi connectivity index (χ2v) is 6.55. The number of aliphatic carboxylic acids is 1. The lowest BCUT2D eigenvalue weighted by atomic mass is 10.2. The van der Waals surface area contributed by atoms with Crippen molar-refractivity contribution in [1.29, 1.82) is 0 Å². The summed E-state index contributed by atoms with van der Waals surface area (Å²) in [5.41, 5.74) is 2.34. The van der Waals surface area contributed by atoms with Crippen LogP contribution in [0.2, 0.25) is 0 Å². The summed E-state index contributed by atoms with van der Waals surface area (Å²) in [6, 6.07) is 13.2. The van der Waals surface area contributed by atoms with Gasteiger partial charge in [0, 0.05) is 5.56 Å². The quantitative estimate of drug-likeness (QED) is 0.512. The minimum Gasteiger partial charge on any atom is -0.490 e. The fraction of sp³-hybridized carbons (Fsp3) is 0.364. The third-order valence-electron chi connectivity index (χ3n) is 4.46. The van der Waals surface area contributed by atoms with Crippen molar-refractivity contribution in [3.8, 4) is 22.9 Å². The minimum absolute atomic E-state index is 0.158. The Balaban J connectivity index is 1.98. The molecular formula is C22H26N2O4. The van der Waals surface area contributed by atoms with Crippen LogP contribution in [0.15, 0.2) is 42.5 Å². The van der Waals surface area contributed by atoms with E-state index in [2.05, 4.69) is 11.9 Å². The molecule has 1 heterocycles. The second-order valence-electron chi connectivity index (χ2n) is 6.55. The molecule has 0 fully saturated rings. The largest absolute Gasteiger partial charge is 0.490 e. The van der Waals surface area contributed by atoms with Gasteiger partial charge in [0.1, 0.15) is 12.4 Å². The van der Waals surface area contributed by atoms with Gasteiger partial charge in [0.15, 0.2) is 11.5 Å². The number of carboxylic acids is 1. The first-order valence-electron chi connectivity index (χ1n) is 9.71. The molecule has 0 aliphatic heterocycles. The van der Waals surface area contributed by atoms with Gasteiger partial charge in [0.2, 0.25) is 0 Å². The van der Waals surface area contributed by atoms with E-state index in [1.165, 1.54) is 0 Å². The Morgan fingerprint density at radius 3 is 2.64 bits per heavy atom. The van der Waals surface area contributed by atoms with Crippen molar-refractivity contribution in [2.24, 2.45) is 0 Å². The number of nitrogens with zero attached hydrogens (tertiary/aromatic N) is 2. The highest BCUT2D eigenvalue weighted by Crippen LogP contribution is 2.34. The predicted octanol–water partition coefficient (Wildman–Crippen LogP) is 4.76. The molecule has 0 radical (unpaired) electrons. The van der Waals surface area contributed by atoms with Crippen LogP contribution in [-0.2, 0) is 11.3 Å². The molecule has 0 saturated heterocycles. The molecule has 0 bridgehead atoms. The molecular weight excluding hydrogens is 356 g/mol. The molecule has 0 aliphatic rings. The normalized spacial score (nSPS) is 10.9. The number of hydrogen-bond acceptors (Lipinski definition) is 4. The lowest BCUT2D eigenvalue weighted by Gasteiger charge is -2.14. The summed E-state index contributed by atoms with van der Waals surface area (Å²) in [7, 11) is 0. The van der Waals surface area contributed by atoms with E-state index in [-0.39, 0.29) is 6.54 Å². The van der Waals surface area contributed by atoms with Crippen molar-refractivity contribution in [2.45, 2.75) is 39.7 Å². The first-order chi connectivity index (χ1) is 13.6. The van der Waals surface area contributed by atoms with E-state index in [1.807, 2.05) is 49.4 Å². The average molecular weight is 382 g/mol. The van der Waals surface area contributed by atoms with Gasteiger partial charge in [-0.3, -0.25) is 4.79 Å². The zero-order chi connectivity index (χ0) is 19.9. The molecule has 3 rings (SSSR count). The van der Waals surface area contributed by atoms with Crippen LogP contribution in [0.1, 0.15) is 33.1 Å². The van der Waals surface area contributed by atoms with Gasteiger partial charge < -0.3 is 19.1 Å². The molecule has 0 spiro atoms. The number of carboxylic acid groups (broad SMARTS) is 1. The van der Waals surface area contributed by atoms with Gasteiger partial charge in [-0.15, -0.1) is 0 Å². The second kappa shape index (κ2) is 9.26. The Bertz CT molecular complexity index is 949. The lowest BCUT2D eigenvalue weighted by molar-refractivity contribution is -0.137. The van der Waals surface area contributed by atoms with Crippen LogP contribution in [0.25, 0.3) is 22.4 Å². The molecule has 2 aromatic carbocycles. The van der Waals surface area contributed by atoms with E-state index in [0.29, 0.717) is 30.5 Å². The maximum absolute atomic E-state index is 11.4. The Labute approximate surface area is 164 Å². The highest BCUT2D eigenvalue weighted by atomic mass is 16.5. The number of unbranched alkanes of at least 4 members (excludes halogenated alkanes) is 2. The maximum Gasteiger partial charge on any atom is 0.323 e. The van der Waals surface area contributed by atoms with Crippen LogP contribution < -0.4 is 9.47 Å². The maximum atomic E-state index is 11.4. The number of rotatable bonds is 10. The van der Waals surface area contributed by atoms with Gasteiger partial charge in [-0.2, -0.15) is 0 Å². The lowest BCUT2D eigenvalue weighted by Crippen LogP contribution is -2.10. The number of para-hydroxylation sites is 2. The average Bonchev–Trinajstić information content (AvgIpc) is 3.04. The van der Waals surface area contributed by atoms with Crippen LogP contribution in [0.3, 0.4) is 0 Å². The highest BCUT2D eigenvalue weighted by Gasteiger charge is 2.17. The molecule has 6 heteroatoms. The summed E-state index contributed by atoms with van der Waals surface area (Å²) in [6.45, 7) is 5.08. The number of fused-ring (bicyclic) bond motifs is 1. The molecule has 0 unspecified atom stereocenters. The van der Waals surface area contributed by atoms with Crippen molar-refractivity contribution in [3.05, 3.63) is 42.5 Å². The molecule has 1 aromatic heterocycles. The van der Waals surface area contributed by atoms with E-state index >= 15 is 0 Å². The summed E-state index contributed by atoms with van der Waals surface area (Å²) < 4.78 is 13.4. The zero-order valence-corrected chi connectivity index (χ0v) is 16.4. The molecule has 3 aromatic rings. The van der Waals surface area contributed by atoms with Gasteiger partial charge in [-0.1, -0.05) is 31.9 Å². The zero-order valence-electron chi connectivity index (χ0n) is 16.4. The van der Waals surface area contributed by atoms with Crippen molar-refractivity contribution in [3.63, 3.8) is 0 Å². The monoisotopic (exact) mass is 382 g/mol. The van der Waals surface area contributed by atoms with Gasteiger partial charge >= 0.3 is 5.97 Å². The van der Waals surface area contributed by atoms with Crippen molar-refractivity contribution >= 4 is 17.0 Å². The summed E-state index contributed by atoms with van der Waals surface area (Å²) >= 11 is 0. The number of benzene rings is 2. The molecule has 148 valence electrons. The molecule has 1 N–H and O–H groups in total. The Morgan fingerprint density at radius 2 is 1.89 bits per heavy atom. The summed E-state index contributed by atoms with van der Waals surface area (Å²) in [6.07, 6.45) is 3.26. The standard InChI is InChI=1S/C22H26N2O4/c1-3-5-8-13-28-19-12-11-16(14-20(19)27-4-2)22-23-17-9-6-7-10-18(17)24(22)15-21(25)26/h6-7,9-12,14H,3-5,8,13,15H2,1-2H3,(H,25,26). The van der Waals surface area contributed by atoms with E-state index in [0.717, 1.165) is 35.9 Å². The Morgan fingerprint density at radius 1 is 1.07 bits per heavy atom. The molecule has 0 amide bonds. The van der Waals surface area contributed by atoms with Crippen LogP contribution in [0.5, 0.6) is 11.5 Å². The van der Waals surface area contributed by atoms with E-state index in [1.54, 1.807) is 4.57 Å². The van der Waals surface area contributed by atoms with Crippen molar-refractivity contribution in [2.75, 3.05) is 13.2 Å². The number of ether oxygens (including phenoxy) is 2. The van der Waals surface area contributed by atoms with Crippen LogP contribution >= 0.6 is 0 Å².